The van der Waals surface area contributed by atoms with Crippen LogP contribution >= 0.6 is 11.8 Å². The van der Waals surface area contributed by atoms with E-state index in [1.807, 2.05) is 0 Å². The van der Waals surface area contributed by atoms with Crippen LogP contribution in [0.3, 0.4) is 0 Å². The molecular weight excluding hydrogens is 428 g/mol. The van der Waals surface area contributed by atoms with Crippen molar-refractivity contribution in [2.75, 3.05) is 17.2 Å². The first-order valence-corrected chi connectivity index (χ1v) is 10.3. The Balaban J connectivity index is 1.30. The van der Waals surface area contributed by atoms with Gasteiger partial charge in [-0.05, 0) is 0 Å². The van der Waals surface area contributed by atoms with Crippen LogP contribution in [0, 0.1) is 0 Å². The highest BCUT2D eigenvalue weighted by molar-refractivity contribution is 7.98. The third kappa shape index (κ3) is 3.27. The fraction of sp³-hybridized carbons (Fsp3) is 0.375. The van der Waals surface area contributed by atoms with Crippen LogP contribution in [-0.2, 0) is 10.6 Å². The number of nitrogens with one attached hydrogen (secondary N) is 1. The standard InChI is InChI=1S/C16H18N10O4S/c17-11-7-12(20-2-19-11)26(4-22-7)15-10(28)9(27)6(30-15)1-31-5-25-3-21-8-13(25)23-16(18)24-14(8)29/h2-4,6,9-10,15,27-28H,1,5H2,(H2,17,19,20)(H3,18,23,24,29). The third-order valence-corrected chi connectivity index (χ3v) is 6.03. The first-order chi connectivity index (χ1) is 14.9. The maximum absolute atomic E-state index is 11.9. The molecule has 4 aromatic heterocycles. The molecule has 4 unspecified atom stereocenters. The molecule has 0 spiro atoms. The maximum atomic E-state index is 11.9. The number of aliphatic hydroxyl groups is 2. The van der Waals surface area contributed by atoms with Crippen molar-refractivity contribution in [3.63, 3.8) is 0 Å². The predicted molar refractivity (Wildman–Crippen MR) is 111 cm³/mol. The molecule has 1 saturated heterocycles. The minimum absolute atomic E-state index is 0.00164. The highest BCUT2D eigenvalue weighted by Crippen LogP contribution is 2.33. The van der Waals surface area contributed by atoms with Crippen LogP contribution in [0.2, 0.25) is 0 Å². The van der Waals surface area contributed by atoms with E-state index in [0.717, 1.165) is 0 Å². The quantitative estimate of drug-likeness (QED) is 0.235. The Bertz CT molecular complexity index is 1320. The number of aromatic amines is 1. The molecule has 5 heterocycles. The largest absolute Gasteiger partial charge is 0.387 e. The summed E-state index contributed by atoms with van der Waals surface area (Å²) in [5.41, 5.74) is 12.3. The summed E-state index contributed by atoms with van der Waals surface area (Å²) in [5.74, 6) is 0.959. The van der Waals surface area contributed by atoms with E-state index in [-0.39, 0.29) is 17.3 Å². The summed E-state index contributed by atoms with van der Waals surface area (Å²) in [7, 11) is 0. The number of nitrogens with zero attached hydrogens (tertiary/aromatic N) is 7. The number of aliphatic hydroxyl groups excluding tert-OH is 2. The molecule has 0 saturated carbocycles. The Morgan fingerprint density at radius 3 is 2.74 bits per heavy atom. The zero-order chi connectivity index (χ0) is 21.7. The molecule has 7 N–H and O–H groups in total. The number of H-pyrrole nitrogens is 1. The minimum Gasteiger partial charge on any atom is -0.387 e. The molecule has 15 heteroatoms. The third-order valence-electron chi connectivity index (χ3n) is 5.00. The van der Waals surface area contributed by atoms with Crippen LogP contribution in [0.5, 0.6) is 0 Å². The van der Waals surface area contributed by atoms with Gasteiger partial charge in [-0.15, -0.1) is 11.8 Å². The van der Waals surface area contributed by atoms with Gasteiger partial charge in [0.05, 0.1) is 24.6 Å². The molecule has 5 rings (SSSR count). The van der Waals surface area contributed by atoms with Crippen molar-refractivity contribution in [2.24, 2.45) is 0 Å². The summed E-state index contributed by atoms with van der Waals surface area (Å²) >= 11 is 1.41. The number of thioether (sulfide) groups is 1. The van der Waals surface area contributed by atoms with Crippen molar-refractivity contribution in [3.8, 4) is 0 Å². The fourth-order valence-electron chi connectivity index (χ4n) is 3.49. The predicted octanol–water partition coefficient (Wildman–Crippen LogP) is -1.57. The van der Waals surface area contributed by atoms with Gasteiger partial charge in [-0.3, -0.25) is 14.3 Å². The Hall–Kier alpha value is -3.27. The van der Waals surface area contributed by atoms with Crippen molar-refractivity contribution in [1.29, 1.82) is 0 Å². The van der Waals surface area contributed by atoms with Crippen LogP contribution in [-0.4, -0.2) is 73.3 Å². The highest BCUT2D eigenvalue weighted by atomic mass is 32.2. The van der Waals surface area contributed by atoms with Crippen molar-refractivity contribution < 1.29 is 14.9 Å². The van der Waals surface area contributed by atoms with E-state index >= 15 is 0 Å². The molecule has 31 heavy (non-hydrogen) atoms. The normalized spacial score (nSPS) is 23.8. The summed E-state index contributed by atoms with van der Waals surface area (Å²) in [6.07, 6.45) is 0.384. The average Bonchev–Trinajstić information content (AvgIpc) is 3.41. The molecule has 0 radical (unpaired) electrons. The van der Waals surface area contributed by atoms with E-state index in [1.165, 1.54) is 35.3 Å². The number of hydrogen-bond donors (Lipinski definition) is 5. The van der Waals surface area contributed by atoms with Crippen molar-refractivity contribution in [3.05, 3.63) is 29.3 Å². The summed E-state index contributed by atoms with van der Waals surface area (Å²) in [5, 5.41) is 21.0. The SMILES string of the molecule is Nc1nc2c(ncn2CSCC2OC(n3cnc4c(N)ncnc43)C(O)C2O)c(=O)[nH]1. The van der Waals surface area contributed by atoms with Crippen molar-refractivity contribution >= 4 is 45.9 Å². The van der Waals surface area contributed by atoms with E-state index in [1.54, 1.807) is 4.57 Å². The lowest BCUT2D eigenvalue weighted by molar-refractivity contribution is -0.0289. The number of rotatable bonds is 5. The molecule has 1 aliphatic rings. The number of ether oxygens (including phenoxy) is 1. The summed E-state index contributed by atoms with van der Waals surface area (Å²) < 4.78 is 9.10. The molecule has 0 aliphatic carbocycles. The topological polar surface area (TPSA) is 209 Å². The molecule has 4 atom stereocenters. The van der Waals surface area contributed by atoms with Crippen molar-refractivity contribution in [2.45, 2.75) is 30.4 Å². The Labute approximate surface area is 177 Å². The van der Waals surface area contributed by atoms with Crippen molar-refractivity contribution in [1.82, 2.24) is 39.0 Å². The molecule has 1 aliphatic heterocycles. The number of nitrogen functional groups attached to an aromatic ring is 2. The molecule has 0 aromatic carbocycles. The smallest absolute Gasteiger partial charge is 0.280 e. The molecule has 162 valence electrons. The zero-order valence-electron chi connectivity index (χ0n) is 15.9. The van der Waals surface area contributed by atoms with Crippen LogP contribution in [0.25, 0.3) is 22.3 Å². The number of hydrogen-bond acceptors (Lipinski definition) is 12. The van der Waals surface area contributed by atoms with Gasteiger partial charge in [0.1, 0.15) is 24.1 Å². The van der Waals surface area contributed by atoms with E-state index in [0.29, 0.717) is 28.4 Å². The molecule has 14 nitrogen and oxygen atoms in total. The first-order valence-electron chi connectivity index (χ1n) is 9.17. The van der Waals surface area contributed by atoms with Crippen LogP contribution in [0.15, 0.2) is 23.8 Å². The summed E-state index contributed by atoms with van der Waals surface area (Å²) in [4.78, 5) is 34.6. The second-order valence-corrected chi connectivity index (χ2v) is 7.97. The van der Waals surface area contributed by atoms with Gasteiger partial charge < -0.3 is 31.0 Å². The van der Waals surface area contributed by atoms with Gasteiger partial charge in [-0.1, -0.05) is 0 Å². The van der Waals surface area contributed by atoms with Gasteiger partial charge >= 0.3 is 0 Å². The Kier molecular flexibility index (Phi) is 4.73. The molecular formula is C16H18N10O4S. The van der Waals surface area contributed by atoms with E-state index in [9.17, 15) is 15.0 Å². The minimum atomic E-state index is -1.19. The van der Waals surface area contributed by atoms with Crippen LogP contribution < -0.4 is 17.0 Å². The molecule has 0 bridgehead atoms. The lowest BCUT2D eigenvalue weighted by atomic mass is 10.1. The highest BCUT2D eigenvalue weighted by Gasteiger charge is 2.44. The number of aromatic nitrogens is 8. The van der Waals surface area contributed by atoms with Gasteiger partial charge in [0.15, 0.2) is 28.9 Å². The number of imidazole rings is 2. The summed E-state index contributed by atoms with van der Waals surface area (Å²) in [6, 6.07) is 0. The van der Waals surface area contributed by atoms with Gasteiger partial charge in [0.25, 0.3) is 5.56 Å². The fourth-order valence-corrected chi connectivity index (χ4v) is 4.48. The monoisotopic (exact) mass is 446 g/mol. The maximum Gasteiger partial charge on any atom is 0.280 e. The molecule has 4 aromatic rings. The van der Waals surface area contributed by atoms with E-state index in [4.69, 9.17) is 16.2 Å². The lowest BCUT2D eigenvalue weighted by Gasteiger charge is -2.16. The lowest BCUT2D eigenvalue weighted by Crippen LogP contribution is -2.32. The van der Waals surface area contributed by atoms with Crippen LogP contribution in [0.4, 0.5) is 11.8 Å². The Morgan fingerprint density at radius 1 is 1.10 bits per heavy atom. The second-order valence-electron chi connectivity index (χ2n) is 6.97. The molecule has 0 amide bonds. The van der Waals surface area contributed by atoms with Gasteiger partial charge in [0.2, 0.25) is 5.95 Å². The van der Waals surface area contributed by atoms with Gasteiger partial charge in [0, 0.05) is 5.75 Å². The van der Waals surface area contributed by atoms with Gasteiger partial charge in [-0.25, -0.2) is 19.9 Å². The van der Waals surface area contributed by atoms with Gasteiger partial charge in [-0.2, -0.15) is 4.98 Å². The zero-order valence-corrected chi connectivity index (χ0v) is 16.7. The Morgan fingerprint density at radius 2 is 1.90 bits per heavy atom. The van der Waals surface area contributed by atoms with Crippen LogP contribution in [0.1, 0.15) is 6.23 Å². The first kappa shape index (κ1) is 19.7. The molecule has 1 fully saturated rings. The van der Waals surface area contributed by atoms with E-state index < -0.39 is 30.1 Å². The number of anilines is 2. The number of nitrogens with two attached hydrogens (primary N) is 2. The van der Waals surface area contributed by atoms with E-state index in [2.05, 4.69) is 29.9 Å². The summed E-state index contributed by atoms with van der Waals surface area (Å²) in [6.45, 7) is 0. The average molecular weight is 446 g/mol. The second kappa shape index (κ2) is 7.45. The number of fused-ring (bicyclic) bond motifs is 2.